The van der Waals surface area contributed by atoms with Gasteiger partial charge in [0.1, 0.15) is 0 Å². The topological polar surface area (TPSA) is 26.3 Å². The number of halogens is 2. The number of benzene rings is 6. The molecule has 3 aliphatic rings. The number of aryl methyl sites for hydroxylation is 4. The van der Waals surface area contributed by atoms with Crippen LogP contribution in [0, 0.1) is 41.5 Å². The zero-order chi connectivity index (χ0) is 41.9. The van der Waals surface area contributed by atoms with Gasteiger partial charge in [-0.25, -0.2) is 0 Å². The van der Waals surface area contributed by atoms with Gasteiger partial charge in [-0.3, -0.25) is 0 Å². The Labute approximate surface area is 376 Å². The molecule has 300 valence electrons. The third-order valence-corrected chi connectivity index (χ3v) is 36.3. The zero-order valence-corrected chi connectivity index (χ0v) is 40.3. The molecule has 2 aromatic heterocycles. The zero-order valence-electron chi connectivity index (χ0n) is 35.3. The molecular weight excluding hydrogens is 883 g/mol. The summed E-state index contributed by atoms with van der Waals surface area (Å²) >= 11 is 11.3. The van der Waals surface area contributed by atoms with Crippen molar-refractivity contribution in [3.63, 3.8) is 0 Å². The summed E-state index contributed by atoms with van der Waals surface area (Å²) in [6.07, 6.45) is 5.05. The van der Waals surface area contributed by atoms with E-state index in [1.54, 1.807) is 0 Å². The average molecular weight is 929 g/mol. The molecule has 6 heteroatoms. The first kappa shape index (κ1) is 39.4. The van der Waals surface area contributed by atoms with E-state index in [1.165, 1.54) is 99.5 Å². The first-order valence-electron chi connectivity index (χ1n) is 21.4. The van der Waals surface area contributed by atoms with Crippen molar-refractivity contribution in [3.8, 4) is 22.3 Å². The van der Waals surface area contributed by atoms with Crippen LogP contribution in [0.1, 0.15) is 74.8 Å². The van der Waals surface area contributed by atoms with Gasteiger partial charge in [0, 0.05) is 0 Å². The van der Waals surface area contributed by atoms with Gasteiger partial charge in [0.25, 0.3) is 0 Å². The predicted molar refractivity (Wildman–Crippen MR) is 256 cm³/mol. The molecule has 0 amide bonds. The first-order chi connectivity index (χ1) is 29.5. The Kier molecular flexibility index (Phi) is 9.59. The van der Waals surface area contributed by atoms with E-state index in [-0.39, 0.29) is 7.25 Å². The molecule has 11 rings (SSSR count). The van der Waals surface area contributed by atoms with E-state index in [2.05, 4.69) is 175 Å². The van der Waals surface area contributed by atoms with Crippen LogP contribution in [0.5, 0.6) is 0 Å². The van der Waals surface area contributed by atoms with E-state index < -0.39 is 30.1 Å². The molecule has 2 nitrogen and oxygen atoms in total. The first-order valence-corrected chi connectivity index (χ1v) is 30.6. The molecule has 0 radical (unpaired) electrons. The fourth-order valence-corrected chi connectivity index (χ4v) is 41.9. The van der Waals surface area contributed by atoms with Gasteiger partial charge in [0.2, 0.25) is 0 Å². The summed E-state index contributed by atoms with van der Waals surface area (Å²) in [5, 5.41) is 5.07. The van der Waals surface area contributed by atoms with E-state index in [9.17, 15) is 0 Å². The van der Waals surface area contributed by atoms with Gasteiger partial charge < -0.3 is 0 Å². The second-order valence-electron chi connectivity index (χ2n) is 17.6. The molecule has 8 aromatic rings. The van der Waals surface area contributed by atoms with Gasteiger partial charge in [-0.2, -0.15) is 0 Å². The third-order valence-electron chi connectivity index (χ3n) is 13.8. The van der Waals surface area contributed by atoms with Gasteiger partial charge in [-0.05, 0) is 0 Å². The van der Waals surface area contributed by atoms with Gasteiger partial charge in [-0.15, -0.1) is 0 Å². The van der Waals surface area contributed by atoms with E-state index in [4.69, 9.17) is 32.0 Å². The molecule has 0 saturated carbocycles. The van der Waals surface area contributed by atoms with Crippen LogP contribution in [-0.2, 0) is 20.4 Å². The SMILES string of the molecule is Cc1ccc(C2=Cc3c(cc(C)c(C)c3-c3cccc4ccccc34)[CH]2[Zr]([CH]2C(c3ccc(C)o3)=Cc3c2cc(C)c(C)c3-c2cccc3ccccc23)=[Si]2CC(Cl)(Cl)C2)o1. The van der Waals surface area contributed by atoms with Crippen LogP contribution in [0.15, 0.2) is 130 Å². The van der Waals surface area contributed by atoms with Crippen LogP contribution in [0.3, 0.4) is 0 Å². The van der Waals surface area contributed by atoms with Crippen LogP contribution < -0.4 is 0 Å². The second kappa shape index (κ2) is 14.8. The Morgan fingerprint density at radius 3 is 1.38 bits per heavy atom. The molecule has 2 atom stereocenters. The summed E-state index contributed by atoms with van der Waals surface area (Å²) in [5.74, 6) is 3.82. The van der Waals surface area contributed by atoms with Crippen molar-refractivity contribution in [2.45, 2.75) is 65.2 Å². The number of hydrogen-bond donors (Lipinski definition) is 0. The molecule has 3 heterocycles. The fourth-order valence-electron chi connectivity index (χ4n) is 10.7. The number of furan rings is 2. The van der Waals surface area contributed by atoms with Gasteiger partial charge >= 0.3 is 379 Å². The molecule has 1 fully saturated rings. The minimum atomic E-state index is -2.99. The Morgan fingerprint density at radius 2 is 0.967 bits per heavy atom. The fraction of sp³-hybridized carbons (Fsp3) is 0.200. The minimum absolute atomic E-state index is 0.215. The van der Waals surface area contributed by atoms with Crippen molar-refractivity contribution < 1.29 is 29.2 Å². The van der Waals surface area contributed by atoms with Gasteiger partial charge in [0.15, 0.2) is 0 Å². The molecule has 6 aromatic carbocycles. The van der Waals surface area contributed by atoms with E-state index in [0.29, 0.717) is 0 Å². The summed E-state index contributed by atoms with van der Waals surface area (Å²) in [4.78, 5) is 0. The van der Waals surface area contributed by atoms with Crippen molar-refractivity contribution >= 4 is 73.5 Å². The van der Waals surface area contributed by atoms with Crippen LogP contribution >= 0.6 is 23.2 Å². The van der Waals surface area contributed by atoms with Crippen molar-refractivity contribution in [2.24, 2.45) is 0 Å². The Balaban J connectivity index is 1.23. The molecule has 61 heavy (non-hydrogen) atoms. The summed E-state index contributed by atoms with van der Waals surface area (Å²) < 4.78 is 13.2. The maximum atomic E-state index is 7.14. The van der Waals surface area contributed by atoms with Crippen LogP contribution in [0.2, 0.25) is 12.1 Å². The Hall–Kier alpha value is -4.44. The summed E-state index contributed by atoms with van der Waals surface area (Å²) in [5.41, 5.74) is 17.8. The molecule has 2 aliphatic carbocycles. The van der Waals surface area contributed by atoms with Crippen molar-refractivity contribution in [2.75, 3.05) is 0 Å². The molecule has 2 unspecified atom stereocenters. The Morgan fingerprint density at radius 1 is 0.541 bits per heavy atom. The number of hydrogen-bond acceptors (Lipinski definition) is 2. The average Bonchev–Trinajstić information content (AvgIpc) is 4.04. The Bertz CT molecular complexity index is 3040. The second-order valence-corrected chi connectivity index (χ2v) is 34.9. The third kappa shape index (κ3) is 6.42. The number of fused-ring (bicyclic) bond motifs is 4. The number of allylic oxidation sites excluding steroid dienone is 2. The van der Waals surface area contributed by atoms with E-state index in [1.807, 2.05) is 0 Å². The molecule has 0 spiro atoms. The molecule has 1 saturated heterocycles. The van der Waals surface area contributed by atoms with Crippen molar-refractivity contribution in [1.29, 1.82) is 0 Å². The normalized spacial score (nSPS) is 17.7. The monoisotopic (exact) mass is 926 g/mol. The maximum absolute atomic E-state index is 7.14. The van der Waals surface area contributed by atoms with Crippen LogP contribution in [0.25, 0.3) is 67.1 Å². The molecular formula is C55H46Cl2O2SiZr. The summed E-state index contributed by atoms with van der Waals surface area (Å²) in [7, 11) is 0. The van der Waals surface area contributed by atoms with Crippen LogP contribution in [-0.4, -0.2) is 9.77 Å². The van der Waals surface area contributed by atoms with Gasteiger partial charge in [0.05, 0.1) is 0 Å². The summed E-state index contributed by atoms with van der Waals surface area (Å²) in [6.45, 7) is 13.4. The summed E-state index contributed by atoms with van der Waals surface area (Å²) in [6, 6.07) is 46.7. The van der Waals surface area contributed by atoms with Gasteiger partial charge in [-0.1, -0.05) is 0 Å². The van der Waals surface area contributed by atoms with Crippen molar-refractivity contribution in [3.05, 3.63) is 189 Å². The quantitative estimate of drug-likeness (QED) is 0.123. The molecule has 0 bridgehead atoms. The van der Waals surface area contributed by atoms with Crippen LogP contribution in [0.4, 0.5) is 0 Å². The molecule has 1 aliphatic heterocycles. The van der Waals surface area contributed by atoms with Crippen molar-refractivity contribution in [1.82, 2.24) is 0 Å². The number of alkyl halides is 2. The number of rotatable bonds is 6. The standard InChI is InChI=1S/2C26H21O.C3H4Cl2Si.Zr/c2*1-16-13-20-14-21(25-12-11-17(2)27-25)15-24(20)26(18(16)3)23-10-6-8-19-7-4-5-9-22(19)23;4-3(5)1-6-2-3;/h2*4-15H,1-3H3;1-2H2;. The predicted octanol–water partition coefficient (Wildman–Crippen LogP) is 16.1. The van der Waals surface area contributed by atoms with E-state index in [0.717, 1.165) is 35.1 Å². The van der Waals surface area contributed by atoms with E-state index >= 15 is 0 Å². The molecule has 0 N–H and O–H groups in total.